The second-order valence-corrected chi connectivity index (χ2v) is 5.69. The average Bonchev–Trinajstić information content (AvgIpc) is 2.60. The lowest BCUT2D eigenvalue weighted by atomic mass is 10.1. The van der Waals surface area contributed by atoms with E-state index in [1.807, 2.05) is 54.6 Å². The van der Waals surface area contributed by atoms with E-state index >= 15 is 0 Å². The number of rotatable bonds is 4. The van der Waals surface area contributed by atoms with Gasteiger partial charge < -0.3 is 5.32 Å². The Bertz CT molecular complexity index is 805. The molecule has 22 heavy (non-hydrogen) atoms. The molecule has 110 valence electrons. The van der Waals surface area contributed by atoms with E-state index in [1.54, 1.807) is 7.05 Å². The molecule has 5 heteroatoms. The van der Waals surface area contributed by atoms with Gasteiger partial charge in [-0.2, -0.15) is 0 Å². The largest absolute Gasteiger partial charge is 0.358 e. The van der Waals surface area contributed by atoms with Gasteiger partial charge in [-0.25, -0.2) is 0 Å². The van der Waals surface area contributed by atoms with Crippen molar-refractivity contribution in [2.24, 2.45) is 0 Å². The monoisotopic (exact) mass is 309 g/mol. The number of amides is 1. The van der Waals surface area contributed by atoms with Gasteiger partial charge in [-0.05, 0) is 0 Å². The second-order valence-electron chi connectivity index (χ2n) is 4.73. The number of hydrogen-bond donors (Lipinski definition) is 1. The minimum absolute atomic E-state index is 0.0250. The van der Waals surface area contributed by atoms with Gasteiger partial charge in [0, 0.05) is 23.4 Å². The van der Waals surface area contributed by atoms with Crippen molar-refractivity contribution in [2.75, 3.05) is 12.8 Å². The van der Waals surface area contributed by atoms with Gasteiger partial charge in [-0.1, -0.05) is 66.4 Å². The van der Waals surface area contributed by atoms with Gasteiger partial charge in [-0.15, -0.1) is 10.2 Å². The minimum Gasteiger partial charge on any atom is -0.358 e. The lowest BCUT2D eigenvalue weighted by molar-refractivity contribution is -0.118. The van der Waals surface area contributed by atoms with Crippen molar-refractivity contribution < 1.29 is 4.79 Å². The zero-order valence-electron chi connectivity index (χ0n) is 12.1. The number of carbonyl (C=O) groups excluding carboxylic acids is 1. The fraction of sp³-hybridized carbons (Fsp3) is 0.118. The van der Waals surface area contributed by atoms with Gasteiger partial charge in [0.2, 0.25) is 5.91 Å². The van der Waals surface area contributed by atoms with Crippen LogP contribution in [0.1, 0.15) is 0 Å². The van der Waals surface area contributed by atoms with E-state index in [1.165, 1.54) is 11.8 Å². The highest BCUT2D eigenvalue weighted by molar-refractivity contribution is 8.00. The lowest BCUT2D eigenvalue weighted by Gasteiger charge is -2.08. The topological polar surface area (TPSA) is 54.9 Å². The molecule has 0 atom stereocenters. The van der Waals surface area contributed by atoms with E-state index in [-0.39, 0.29) is 5.91 Å². The Morgan fingerprint density at radius 3 is 2.41 bits per heavy atom. The van der Waals surface area contributed by atoms with Gasteiger partial charge >= 0.3 is 0 Å². The molecule has 0 aliphatic rings. The van der Waals surface area contributed by atoms with Gasteiger partial charge in [-0.3, -0.25) is 4.79 Å². The molecule has 0 radical (unpaired) electrons. The molecule has 0 unspecified atom stereocenters. The van der Waals surface area contributed by atoms with E-state index in [2.05, 4.69) is 15.5 Å². The maximum Gasteiger partial charge on any atom is 0.230 e. The third-order valence-electron chi connectivity index (χ3n) is 3.32. The first-order valence-electron chi connectivity index (χ1n) is 6.94. The lowest BCUT2D eigenvalue weighted by Crippen LogP contribution is -2.19. The molecule has 0 aliphatic carbocycles. The van der Waals surface area contributed by atoms with Crippen LogP contribution < -0.4 is 5.32 Å². The Morgan fingerprint density at radius 1 is 1.00 bits per heavy atom. The average molecular weight is 309 g/mol. The highest BCUT2D eigenvalue weighted by Crippen LogP contribution is 2.31. The van der Waals surface area contributed by atoms with E-state index in [9.17, 15) is 4.79 Å². The molecule has 0 fully saturated rings. The van der Waals surface area contributed by atoms with Gasteiger partial charge in [0.15, 0.2) is 0 Å². The summed E-state index contributed by atoms with van der Waals surface area (Å²) < 4.78 is 0. The van der Waals surface area contributed by atoms with Crippen LogP contribution in [0, 0.1) is 0 Å². The highest BCUT2D eigenvalue weighted by Gasteiger charge is 2.11. The Morgan fingerprint density at radius 2 is 1.68 bits per heavy atom. The van der Waals surface area contributed by atoms with Crippen molar-refractivity contribution in [2.45, 2.75) is 5.03 Å². The third-order valence-corrected chi connectivity index (χ3v) is 4.30. The van der Waals surface area contributed by atoms with Crippen molar-refractivity contribution in [3.05, 3.63) is 54.6 Å². The summed E-state index contributed by atoms with van der Waals surface area (Å²) in [4.78, 5) is 11.4. The molecule has 0 bridgehead atoms. The molecule has 1 heterocycles. The Balaban J connectivity index is 2.06. The zero-order chi connectivity index (χ0) is 15.4. The normalized spacial score (nSPS) is 10.6. The van der Waals surface area contributed by atoms with E-state index in [4.69, 9.17) is 0 Å². The van der Waals surface area contributed by atoms with Crippen molar-refractivity contribution in [1.29, 1.82) is 0 Å². The first-order chi connectivity index (χ1) is 10.8. The van der Waals surface area contributed by atoms with Gasteiger partial charge in [0.05, 0.1) is 5.75 Å². The molecule has 2 aromatic carbocycles. The molecule has 0 aliphatic heterocycles. The summed E-state index contributed by atoms with van der Waals surface area (Å²) in [6.45, 7) is 0. The molecule has 3 aromatic rings. The van der Waals surface area contributed by atoms with Crippen molar-refractivity contribution >= 4 is 28.4 Å². The first kappa shape index (κ1) is 14.5. The fourth-order valence-corrected chi connectivity index (χ4v) is 3.05. The third kappa shape index (κ3) is 2.94. The van der Waals surface area contributed by atoms with Crippen LogP contribution in [0.15, 0.2) is 59.6 Å². The summed E-state index contributed by atoms with van der Waals surface area (Å²) in [6, 6.07) is 18.0. The van der Waals surface area contributed by atoms with Crippen molar-refractivity contribution in [3.63, 3.8) is 0 Å². The summed E-state index contributed by atoms with van der Waals surface area (Å²) in [5.41, 5.74) is 1.90. The molecular formula is C17H15N3OS. The molecule has 1 N–H and O–H groups in total. The Kier molecular flexibility index (Phi) is 4.34. The molecule has 0 spiro atoms. The summed E-state index contributed by atoms with van der Waals surface area (Å²) in [5, 5.41) is 14.2. The second kappa shape index (κ2) is 6.58. The number of fused-ring (bicyclic) bond motifs is 1. The molecule has 0 saturated heterocycles. The molecule has 0 saturated carbocycles. The van der Waals surface area contributed by atoms with E-state index < -0.39 is 0 Å². The number of carbonyl (C=O) groups is 1. The van der Waals surface area contributed by atoms with Gasteiger partial charge in [0.25, 0.3) is 0 Å². The summed E-state index contributed by atoms with van der Waals surface area (Å²) in [5.74, 6) is 0.308. The van der Waals surface area contributed by atoms with Crippen LogP contribution in [-0.2, 0) is 4.79 Å². The Labute approximate surface area is 133 Å². The number of benzene rings is 2. The number of thioether (sulfide) groups is 1. The maximum atomic E-state index is 11.4. The smallest absolute Gasteiger partial charge is 0.230 e. The van der Waals surface area contributed by atoms with Crippen LogP contribution in [0.2, 0.25) is 0 Å². The predicted octanol–water partition coefficient (Wildman–Crippen LogP) is 3.13. The molecule has 1 amide bonds. The van der Waals surface area contributed by atoms with Crippen molar-refractivity contribution in [1.82, 2.24) is 15.5 Å². The summed E-state index contributed by atoms with van der Waals surface area (Å²) >= 11 is 1.40. The van der Waals surface area contributed by atoms with Gasteiger partial charge in [0.1, 0.15) is 10.7 Å². The van der Waals surface area contributed by atoms with E-state index in [0.29, 0.717) is 5.75 Å². The van der Waals surface area contributed by atoms with E-state index in [0.717, 1.165) is 27.1 Å². The fourth-order valence-electron chi connectivity index (χ4n) is 2.20. The van der Waals surface area contributed by atoms with Crippen LogP contribution in [0.5, 0.6) is 0 Å². The number of nitrogens with zero attached hydrogens (tertiary/aromatic N) is 2. The number of aromatic nitrogens is 2. The zero-order valence-corrected chi connectivity index (χ0v) is 12.9. The van der Waals surface area contributed by atoms with Crippen LogP contribution in [0.3, 0.4) is 0 Å². The SMILES string of the molecule is CNC(=O)CSc1nnc(-c2ccccc2)c2ccccc12. The molecule has 4 nitrogen and oxygen atoms in total. The van der Waals surface area contributed by atoms with Crippen LogP contribution in [0.4, 0.5) is 0 Å². The molecule has 1 aromatic heterocycles. The van der Waals surface area contributed by atoms with Crippen molar-refractivity contribution in [3.8, 4) is 11.3 Å². The van der Waals surface area contributed by atoms with Crippen LogP contribution >= 0.6 is 11.8 Å². The summed E-state index contributed by atoms with van der Waals surface area (Å²) in [7, 11) is 1.63. The Hall–Kier alpha value is -2.40. The maximum absolute atomic E-state index is 11.4. The molecule has 3 rings (SSSR count). The first-order valence-corrected chi connectivity index (χ1v) is 7.92. The quantitative estimate of drug-likeness (QED) is 0.752. The highest BCUT2D eigenvalue weighted by atomic mass is 32.2. The summed E-state index contributed by atoms with van der Waals surface area (Å²) in [6.07, 6.45) is 0. The van der Waals surface area contributed by atoms with Crippen LogP contribution in [0.25, 0.3) is 22.0 Å². The van der Waals surface area contributed by atoms with Crippen LogP contribution in [-0.4, -0.2) is 28.9 Å². The minimum atomic E-state index is -0.0250. The standard InChI is InChI=1S/C17H15N3OS/c1-18-15(21)11-22-17-14-10-6-5-9-13(14)16(19-20-17)12-7-3-2-4-8-12/h2-10H,11H2,1H3,(H,18,21). The predicted molar refractivity (Wildman–Crippen MR) is 89.8 cm³/mol. The number of nitrogens with one attached hydrogen (secondary N) is 1. The molecular weight excluding hydrogens is 294 g/mol. The number of hydrogen-bond acceptors (Lipinski definition) is 4.